The van der Waals surface area contributed by atoms with Gasteiger partial charge < -0.3 is 24.0 Å². The lowest BCUT2D eigenvalue weighted by Crippen LogP contribution is -2.40. The van der Waals surface area contributed by atoms with Crippen molar-refractivity contribution in [3.05, 3.63) is 163 Å². The molecule has 0 unspecified atom stereocenters. The number of piperidine rings is 2. The molecule has 0 amide bonds. The monoisotopic (exact) mass is 1200 g/mol. The first-order chi connectivity index (χ1) is 39.2. The zero-order valence-corrected chi connectivity index (χ0v) is 48.0. The SMILES string of the molecule is CCc1ccc(OCc2ccc(-c3ncc(C(F)(F)F)cc3Cl)cc2C)c(-c2csc(N3CCC(C(=O)OC(=O)C4CCN(c5nc(-c6cc(C)ccc6OCc6ccc(-c7ncc(C(F)(F)F)cc7Cl)cc6C)cs5)CC4)CC3)n2)c1. The molecule has 4 aromatic carbocycles. The number of thiazole rings is 2. The maximum Gasteiger partial charge on any atom is 0.417 e. The summed E-state index contributed by atoms with van der Waals surface area (Å²) in [4.78, 5) is 49.2. The number of esters is 2. The Morgan fingerprint density at radius 3 is 1.45 bits per heavy atom. The van der Waals surface area contributed by atoms with Crippen molar-refractivity contribution in [1.29, 1.82) is 0 Å². The number of nitrogens with zero attached hydrogens (tertiary/aromatic N) is 6. The van der Waals surface area contributed by atoms with Crippen molar-refractivity contribution in [3.8, 4) is 56.5 Å². The second-order valence-corrected chi connectivity index (χ2v) is 22.9. The van der Waals surface area contributed by atoms with E-state index in [2.05, 4.69) is 32.8 Å². The van der Waals surface area contributed by atoms with Crippen LogP contribution in [-0.2, 0) is 46.3 Å². The molecule has 0 bridgehead atoms. The second kappa shape index (κ2) is 24.4. The van der Waals surface area contributed by atoms with Crippen LogP contribution in [-0.4, -0.2) is 58.1 Å². The van der Waals surface area contributed by atoms with Crippen LogP contribution < -0.4 is 19.3 Å². The molecular formula is C61H54Cl2F6N6O5S2. The van der Waals surface area contributed by atoms with Crippen LogP contribution in [0.1, 0.15) is 77.1 Å². The fraction of sp³-hybridized carbons (Fsp3) is 0.311. The molecule has 8 aromatic rings. The number of hydrogen-bond acceptors (Lipinski definition) is 13. The Bertz CT molecular complexity index is 3670. The summed E-state index contributed by atoms with van der Waals surface area (Å²) in [5.74, 6) is -0.566. The van der Waals surface area contributed by atoms with Gasteiger partial charge in [0.1, 0.15) is 24.7 Å². The Hall–Kier alpha value is -7.06. The lowest BCUT2D eigenvalue weighted by atomic mass is 9.96. The quantitative estimate of drug-likeness (QED) is 0.0554. The fourth-order valence-electron chi connectivity index (χ4n) is 9.97. The first kappa shape index (κ1) is 58.1. The number of aromatic nitrogens is 4. The number of aryl methyl sites for hydroxylation is 4. The van der Waals surface area contributed by atoms with Gasteiger partial charge in [-0.2, -0.15) is 26.3 Å². The molecule has 82 heavy (non-hydrogen) atoms. The summed E-state index contributed by atoms with van der Waals surface area (Å²) in [7, 11) is 0. The molecular weight excluding hydrogens is 1150 g/mol. The highest BCUT2D eigenvalue weighted by atomic mass is 35.5. The predicted molar refractivity (Wildman–Crippen MR) is 308 cm³/mol. The van der Waals surface area contributed by atoms with Gasteiger partial charge in [-0.05, 0) is 129 Å². The number of anilines is 2. The number of rotatable bonds is 15. The van der Waals surface area contributed by atoms with E-state index in [9.17, 15) is 35.9 Å². The van der Waals surface area contributed by atoms with Gasteiger partial charge >= 0.3 is 24.3 Å². The van der Waals surface area contributed by atoms with E-state index in [1.807, 2.05) is 86.1 Å². The van der Waals surface area contributed by atoms with E-state index in [1.54, 1.807) is 12.1 Å². The molecule has 2 aliphatic rings. The lowest BCUT2D eigenvalue weighted by molar-refractivity contribution is -0.166. The van der Waals surface area contributed by atoms with Gasteiger partial charge in [0.25, 0.3) is 0 Å². The number of pyridine rings is 2. The molecule has 0 atom stereocenters. The molecule has 0 saturated carbocycles. The van der Waals surface area contributed by atoms with Crippen molar-refractivity contribution in [2.75, 3.05) is 36.0 Å². The van der Waals surface area contributed by atoms with Crippen LogP contribution in [0.4, 0.5) is 36.6 Å². The van der Waals surface area contributed by atoms with Gasteiger partial charge in [-0.15, -0.1) is 22.7 Å². The Morgan fingerprint density at radius 1 is 0.598 bits per heavy atom. The Kier molecular flexibility index (Phi) is 17.3. The van der Waals surface area contributed by atoms with Gasteiger partial charge in [-0.1, -0.05) is 72.1 Å². The van der Waals surface area contributed by atoms with Crippen LogP contribution in [0.3, 0.4) is 0 Å². The largest absolute Gasteiger partial charge is 0.488 e. The summed E-state index contributed by atoms with van der Waals surface area (Å²) in [6, 6.07) is 24.5. The van der Waals surface area contributed by atoms with Gasteiger partial charge in [0.15, 0.2) is 10.3 Å². The Morgan fingerprint density at radius 2 is 1.04 bits per heavy atom. The zero-order valence-electron chi connectivity index (χ0n) is 44.9. The van der Waals surface area contributed by atoms with Crippen molar-refractivity contribution in [2.24, 2.45) is 11.8 Å². The molecule has 2 fully saturated rings. The third-order valence-electron chi connectivity index (χ3n) is 14.9. The average Bonchev–Trinajstić information content (AvgIpc) is 4.35. The summed E-state index contributed by atoms with van der Waals surface area (Å²) in [6.45, 7) is 10.5. The van der Waals surface area contributed by atoms with Crippen molar-refractivity contribution < 1.29 is 50.1 Å². The summed E-state index contributed by atoms with van der Waals surface area (Å²) in [5, 5.41) is 5.40. The number of alkyl halides is 6. The van der Waals surface area contributed by atoms with E-state index in [-0.39, 0.29) is 34.6 Å². The smallest absolute Gasteiger partial charge is 0.417 e. The topological polar surface area (TPSA) is 120 Å². The van der Waals surface area contributed by atoms with Gasteiger partial charge in [0.2, 0.25) is 0 Å². The van der Waals surface area contributed by atoms with Gasteiger partial charge in [0, 0.05) is 71.6 Å². The number of carbonyl (C=O) groups is 2. The summed E-state index contributed by atoms with van der Waals surface area (Å²) in [6.07, 6.45) is -4.71. The number of hydrogen-bond donors (Lipinski definition) is 0. The first-order valence-electron chi connectivity index (χ1n) is 26.5. The summed E-state index contributed by atoms with van der Waals surface area (Å²) in [5.41, 5.74) is 8.59. The minimum atomic E-state index is -4.55. The van der Waals surface area contributed by atoms with Crippen LogP contribution in [0, 0.1) is 32.6 Å². The molecule has 21 heteroatoms. The zero-order chi connectivity index (χ0) is 58.0. The molecule has 0 N–H and O–H groups in total. The number of carbonyl (C=O) groups excluding carboxylic acids is 2. The Balaban J connectivity index is 0.697. The summed E-state index contributed by atoms with van der Waals surface area (Å²) >= 11 is 15.5. The van der Waals surface area contributed by atoms with Crippen molar-refractivity contribution in [1.82, 2.24) is 19.9 Å². The number of halogens is 8. The van der Waals surface area contributed by atoms with Crippen molar-refractivity contribution >= 4 is 68.1 Å². The standard InChI is InChI=1S/C61H54Cl2F6N6O5S2/c1-5-37-7-13-53(79-31-43-11-9-41(24-36(43)4)55-49(63)27-45(29-71-55)61(67,68)69)47(25-37)51-33-82-59(73-51)75-20-16-39(17-21-75)57(77)80-56(76)38-14-18-74(19-15-38)58-72-50(32-81-58)46-22-34(2)6-12-52(46)78-30-42-10-8-40(23-35(42)3)54-48(62)26-44(28-70-54)60(64,65)66/h6-13,22-29,32-33,38-39H,5,14-21,30-31H2,1-4H3. The molecule has 4 aromatic heterocycles. The van der Waals surface area contributed by atoms with Gasteiger partial charge in [-0.25, -0.2) is 9.97 Å². The first-order valence-corrected chi connectivity index (χ1v) is 29.0. The second-order valence-electron chi connectivity index (χ2n) is 20.4. The van der Waals surface area contributed by atoms with Crippen LogP contribution >= 0.6 is 45.9 Å². The summed E-state index contributed by atoms with van der Waals surface area (Å²) < 4.78 is 97.6. The van der Waals surface area contributed by atoms with E-state index in [0.717, 1.165) is 97.1 Å². The van der Waals surface area contributed by atoms with E-state index >= 15 is 0 Å². The molecule has 0 radical (unpaired) electrons. The van der Waals surface area contributed by atoms with Crippen LogP contribution in [0.25, 0.3) is 45.0 Å². The van der Waals surface area contributed by atoms with E-state index in [1.165, 1.54) is 22.7 Å². The molecule has 10 rings (SSSR count). The molecule has 6 heterocycles. The maximum absolute atomic E-state index is 13.4. The molecule has 2 aliphatic heterocycles. The third kappa shape index (κ3) is 13.2. The third-order valence-corrected chi connectivity index (χ3v) is 17.2. The minimum absolute atomic E-state index is 0.0919. The minimum Gasteiger partial charge on any atom is -0.488 e. The van der Waals surface area contributed by atoms with Crippen LogP contribution in [0.15, 0.2) is 108 Å². The molecule has 11 nitrogen and oxygen atoms in total. The Labute approximate surface area is 487 Å². The van der Waals surface area contributed by atoms with Crippen molar-refractivity contribution in [2.45, 2.75) is 85.4 Å². The highest BCUT2D eigenvalue weighted by molar-refractivity contribution is 7.14. The van der Waals surface area contributed by atoms with E-state index < -0.39 is 47.3 Å². The average molecular weight is 1200 g/mol. The number of ether oxygens (including phenoxy) is 3. The van der Waals surface area contributed by atoms with E-state index in [4.69, 9.17) is 47.4 Å². The van der Waals surface area contributed by atoms with Crippen LogP contribution in [0.5, 0.6) is 11.5 Å². The highest BCUT2D eigenvalue weighted by Crippen LogP contribution is 2.41. The molecule has 426 valence electrons. The van der Waals surface area contributed by atoms with E-state index in [0.29, 0.717) is 74.5 Å². The maximum atomic E-state index is 13.4. The van der Waals surface area contributed by atoms with Gasteiger partial charge in [0.05, 0.1) is 55.8 Å². The van der Waals surface area contributed by atoms with Gasteiger partial charge in [-0.3, -0.25) is 19.6 Å². The lowest BCUT2D eigenvalue weighted by Gasteiger charge is -2.32. The fourth-order valence-corrected chi connectivity index (χ4v) is 12.3. The van der Waals surface area contributed by atoms with Crippen molar-refractivity contribution in [3.63, 3.8) is 0 Å². The number of benzene rings is 4. The predicted octanol–water partition coefficient (Wildman–Crippen LogP) is 16.3. The molecule has 0 aliphatic carbocycles. The van der Waals surface area contributed by atoms with Crippen LogP contribution in [0.2, 0.25) is 10.0 Å². The normalized spacial score (nSPS) is 14.5. The highest BCUT2D eigenvalue weighted by Gasteiger charge is 2.35. The molecule has 0 spiro atoms. The molecule has 2 saturated heterocycles.